The van der Waals surface area contributed by atoms with E-state index in [4.69, 9.17) is 0 Å². The van der Waals surface area contributed by atoms with Gasteiger partial charge in [0.05, 0.1) is 0 Å². The van der Waals surface area contributed by atoms with Crippen LogP contribution in [0.3, 0.4) is 0 Å². The Kier molecular flexibility index (Phi) is 13.8. The summed E-state index contributed by atoms with van der Waals surface area (Å²) in [4.78, 5) is 0. The van der Waals surface area contributed by atoms with Crippen molar-refractivity contribution in [2.24, 2.45) is 5.41 Å². The van der Waals surface area contributed by atoms with Crippen molar-refractivity contribution >= 4 is 0 Å². The van der Waals surface area contributed by atoms with Crippen molar-refractivity contribution in [3.63, 3.8) is 0 Å². The van der Waals surface area contributed by atoms with Crippen molar-refractivity contribution in [1.29, 1.82) is 0 Å². The number of fused-ring (bicyclic) bond motifs is 9. The lowest BCUT2D eigenvalue weighted by Gasteiger charge is -2.53. The second-order valence-corrected chi connectivity index (χ2v) is 21.6. The Morgan fingerprint density at radius 1 is 0.237 bits per heavy atom. The van der Waals surface area contributed by atoms with E-state index in [1.54, 1.807) is 0 Å². The number of benzene rings is 9. The number of hydrogen-bond donors (Lipinski definition) is 0. The molecule has 3 aliphatic rings. The summed E-state index contributed by atoms with van der Waals surface area (Å²) in [7, 11) is 0. The summed E-state index contributed by atoms with van der Waals surface area (Å²) in [6, 6.07) is 77.0. The molecule has 0 fully saturated rings. The van der Waals surface area contributed by atoms with E-state index in [0.29, 0.717) is 0 Å². The minimum Gasteiger partial charge on any atom is -0.0653 e. The summed E-state index contributed by atoms with van der Waals surface area (Å²) < 4.78 is 0. The lowest BCUT2D eigenvalue weighted by Crippen LogP contribution is -2.54. The van der Waals surface area contributed by atoms with Crippen molar-refractivity contribution in [1.82, 2.24) is 0 Å². The molecule has 0 heteroatoms. The van der Waals surface area contributed by atoms with E-state index in [2.05, 4.69) is 281 Å². The first-order valence-corrected chi connectivity index (χ1v) is 28.4. The molecule has 0 aliphatic heterocycles. The summed E-state index contributed by atoms with van der Waals surface area (Å²) >= 11 is 0. The molecule has 0 radical (unpaired) electrons. The molecule has 3 aliphatic carbocycles. The van der Waals surface area contributed by atoms with Crippen LogP contribution in [0.4, 0.5) is 0 Å². The molecule has 0 amide bonds. The summed E-state index contributed by atoms with van der Waals surface area (Å²) in [6.45, 7) is 9.81. The SMILES string of the molecule is CCCC12c3cc(C#Cc4ccccc4)c(C#Cc4ccccc4)cc3C3(CCC)c4cc(C#Cc5ccccc5)c(C#Cc5ccccc5)cc4C(CCC)(c4cc(C#Cc5ccccc5)c(C#Cc5ccccc5)cc41)C23C. The first kappa shape index (κ1) is 51.1. The predicted molar refractivity (Wildman–Crippen MR) is 329 cm³/mol. The van der Waals surface area contributed by atoms with Crippen LogP contribution in [-0.4, -0.2) is 0 Å². The van der Waals surface area contributed by atoms with Gasteiger partial charge in [0.15, 0.2) is 0 Å². The van der Waals surface area contributed by atoms with E-state index >= 15 is 0 Å². The van der Waals surface area contributed by atoms with Gasteiger partial charge in [-0.15, -0.1) is 0 Å². The molecular formula is C80H60. The predicted octanol–water partition coefficient (Wildman–Crippen LogP) is 16.7. The summed E-state index contributed by atoms with van der Waals surface area (Å²) in [5.74, 6) is 44.1. The largest absolute Gasteiger partial charge is 0.0653 e. The van der Waals surface area contributed by atoms with Gasteiger partial charge < -0.3 is 0 Å². The topological polar surface area (TPSA) is 0 Å². The Morgan fingerprint density at radius 3 is 0.550 bits per heavy atom. The highest BCUT2D eigenvalue weighted by Gasteiger charge is 2.82. The van der Waals surface area contributed by atoms with Crippen LogP contribution in [-0.2, 0) is 16.2 Å². The van der Waals surface area contributed by atoms with Crippen LogP contribution in [0, 0.1) is 76.5 Å². The first-order valence-electron chi connectivity index (χ1n) is 28.4. The zero-order valence-corrected chi connectivity index (χ0v) is 46.0. The van der Waals surface area contributed by atoms with E-state index in [9.17, 15) is 0 Å². The molecule has 0 aromatic heterocycles. The molecule has 0 saturated heterocycles. The maximum atomic E-state index is 3.75. The third-order valence-corrected chi connectivity index (χ3v) is 17.4. The molecule has 0 nitrogen and oxygen atoms in total. The molecule has 0 saturated carbocycles. The maximum Gasteiger partial charge on any atom is 0.0409 e. The molecule has 9 aromatic rings. The Hall–Kier alpha value is -9.66. The van der Waals surface area contributed by atoms with Crippen LogP contribution >= 0.6 is 0 Å². The maximum absolute atomic E-state index is 3.75. The van der Waals surface area contributed by atoms with Gasteiger partial charge in [-0.3, -0.25) is 0 Å². The van der Waals surface area contributed by atoms with Gasteiger partial charge >= 0.3 is 0 Å². The molecule has 0 atom stereocenters. The van der Waals surface area contributed by atoms with E-state index < -0.39 is 21.7 Å². The van der Waals surface area contributed by atoms with Crippen LogP contribution in [0.2, 0.25) is 0 Å². The van der Waals surface area contributed by atoms with Gasteiger partial charge in [-0.2, -0.15) is 0 Å². The second kappa shape index (κ2) is 21.6. The summed E-state index contributed by atoms with van der Waals surface area (Å²) in [5.41, 5.74) is 17.5. The molecule has 380 valence electrons. The minimum atomic E-state index is -0.509. The fraction of sp³-hybridized carbons (Fsp3) is 0.175. The highest BCUT2D eigenvalue weighted by atomic mass is 14.8. The smallest absolute Gasteiger partial charge is 0.0409 e. The Labute approximate surface area is 474 Å². The van der Waals surface area contributed by atoms with Crippen molar-refractivity contribution in [3.05, 3.63) is 319 Å². The Morgan fingerprint density at radius 2 is 0.400 bits per heavy atom. The van der Waals surface area contributed by atoms with Crippen LogP contribution in [0.5, 0.6) is 0 Å². The Balaban J connectivity index is 1.26. The summed E-state index contributed by atoms with van der Waals surface area (Å²) in [6.07, 6.45) is 5.61. The molecule has 0 bridgehead atoms. The monoisotopic (exact) mass is 1020 g/mol. The lowest BCUT2D eigenvalue weighted by molar-refractivity contribution is 0.0540. The minimum absolute atomic E-state index is 0.455. The van der Waals surface area contributed by atoms with E-state index in [-0.39, 0.29) is 0 Å². The van der Waals surface area contributed by atoms with Crippen LogP contribution < -0.4 is 0 Å². The molecule has 0 N–H and O–H groups in total. The van der Waals surface area contributed by atoms with Gasteiger partial charge in [0.25, 0.3) is 0 Å². The molecule has 80 heavy (non-hydrogen) atoms. The van der Waals surface area contributed by atoms with E-state index in [1.165, 1.54) is 33.4 Å². The normalized spacial score (nSPS) is 18.9. The van der Waals surface area contributed by atoms with Crippen LogP contribution in [0.15, 0.2) is 218 Å². The van der Waals surface area contributed by atoms with Crippen molar-refractivity contribution in [3.8, 4) is 71.0 Å². The highest BCUT2D eigenvalue weighted by molar-refractivity contribution is 5.82. The fourth-order valence-corrected chi connectivity index (χ4v) is 14.3. The molecule has 9 aromatic carbocycles. The quantitative estimate of drug-likeness (QED) is 0.146. The number of hydrogen-bond acceptors (Lipinski definition) is 0. The van der Waals surface area contributed by atoms with E-state index in [1.807, 2.05) is 36.4 Å². The zero-order valence-electron chi connectivity index (χ0n) is 46.0. The van der Waals surface area contributed by atoms with Gasteiger partial charge in [-0.05, 0) is 162 Å². The van der Waals surface area contributed by atoms with Crippen molar-refractivity contribution in [2.75, 3.05) is 0 Å². The average molecular weight is 1020 g/mol. The van der Waals surface area contributed by atoms with Gasteiger partial charge in [0, 0.05) is 88.4 Å². The second-order valence-electron chi connectivity index (χ2n) is 21.6. The van der Waals surface area contributed by atoms with Gasteiger partial charge in [0.2, 0.25) is 0 Å². The Bertz CT molecular complexity index is 3530. The van der Waals surface area contributed by atoms with Gasteiger partial charge in [-0.25, -0.2) is 0 Å². The third-order valence-electron chi connectivity index (χ3n) is 17.4. The molecule has 0 unspecified atom stereocenters. The summed E-state index contributed by atoms with van der Waals surface area (Å²) in [5, 5.41) is 0. The fourth-order valence-electron chi connectivity index (χ4n) is 14.3. The van der Waals surface area contributed by atoms with Crippen molar-refractivity contribution in [2.45, 2.75) is 82.5 Å². The van der Waals surface area contributed by atoms with Crippen molar-refractivity contribution < 1.29 is 0 Å². The standard InChI is InChI=1S/C80H60/c1-5-50-78-71-53-65(44-38-59-26-14-8-15-27-59)67(46-40-61-30-18-10-19-31-61)55-73(71)79(51-6-2)75-57-69(48-42-63-34-22-12-23-35-63)70(49-43-64-36-24-13-25-37-64)58-76(75)80(52-7-3,77(78,79)4)74-56-68(47-41-62-32-20-11-21-33-62)66(54-72(74)78)45-39-60-28-16-9-17-29-60/h8-37,53-58H,5-7,50-52H2,1-4H3. The number of rotatable bonds is 6. The van der Waals surface area contributed by atoms with Crippen LogP contribution in [0.25, 0.3) is 0 Å². The molecular weight excluding hydrogens is 961 g/mol. The first-order chi connectivity index (χ1) is 39.4. The van der Waals surface area contributed by atoms with E-state index in [0.717, 1.165) is 105 Å². The van der Waals surface area contributed by atoms with Gasteiger partial charge in [0.1, 0.15) is 0 Å². The lowest BCUT2D eigenvalue weighted by atomic mass is 9.48. The molecule has 0 spiro atoms. The third kappa shape index (κ3) is 8.46. The van der Waals surface area contributed by atoms with Gasteiger partial charge in [-0.1, -0.05) is 227 Å². The highest BCUT2D eigenvalue weighted by Crippen LogP contribution is 2.85. The molecule has 0 heterocycles. The molecule has 12 rings (SSSR count). The van der Waals surface area contributed by atoms with Crippen LogP contribution in [0.1, 0.15) is 166 Å². The average Bonchev–Trinajstić information content (AvgIpc) is 2.65. The zero-order chi connectivity index (χ0) is 54.6.